The number of hydrogen-bond acceptors (Lipinski definition) is 6. The third kappa shape index (κ3) is 3.74. The molecule has 136 valence electrons. The highest BCUT2D eigenvalue weighted by atomic mass is 16.5. The van der Waals surface area contributed by atoms with E-state index < -0.39 is 5.91 Å². The Balaban J connectivity index is 1.63. The van der Waals surface area contributed by atoms with Crippen molar-refractivity contribution in [1.29, 1.82) is 0 Å². The maximum Gasteiger partial charge on any atom is 0.271 e. The maximum atomic E-state index is 12.4. The maximum absolute atomic E-state index is 12.4. The van der Waals surface area contributed by atoms with Crippen LogP contribution in [0.25, 0.3) is 0 Å². The molecule has 0 saturated carbocycles. The number of nitrogens with one attached hydrogen (secondary N) is 1. The average molecular weight is 356 g/mol. The van der Waals surface area contributed by atoms with Gasteiger partial charge in [0.25, 0.3) is 5.91 Å². The fraction of sp³-hybridized carbons (Fsp3) is 0.333. The summed E-state index contributed by atoms with van der Waals surface area (Å²) in [6, 6.07) is 3.84. The molecule has 3 rings (SSSR count). The van der Waals surface area contributed by atoms with Gasteiger partial charge in [-0.3, -0.25) is 14.6 Å². The standard InChI is InChI=1S/C18H20N4O4/c1-25-15-7-12-3-6-22(11-13(12)8-16(15)26-2)17(23)10-21-18(24)14-9-19-4-5-20-14/h4-5,7-9H,3,6,10-11H2,1-2H3,(H,21,24). The topological polar surface area (TPSA) is 93.7 Å². The summed E-state index contributed by atoms with van der Waals surface area (Å²) in [4.78, 5) is 33.9. The number of carbonyl (C=O) groups excluding carboxylic acids is 2. The van der Waals surface area contributed by atoms with Crippen LogP contribution in [-0.2, 0) is 17.8 Å². The molecule has 8 nitrogen and oxygen atoms in total. The number of nitrogens with zero attached hydrogens (tertiary/aromatic N) is 3. The van der Waals surface area contributed by atoms with E-state index in [4.69, 9.17) is 9.47 Å². The molecule has 0 unspecified atom stereocenters. The molecule has 1 aliphatic heterocycles. The summed E-state index contributed by atoms with van der Waals surface area (Å²) < 4.78 is 10.6. The summed E-state index contributed by atoms with van der Waals surface area (Å²) in [6.07, 6.45) is 4.99. The summed E-state index contributed by atoms with van der Waals surface area (Å²) in [5.41, 5.74) is 2.33. The van der Waals surface area contributed by atoms with Gasteiger partial charge in [-0.15, -0.1) is 0 Å². The van der Waals surface area contributed by atoms with E-state index >= 15 is 0 Å². The molecule has 1 aliphatic rings. The van der Waals surface area contributed by atoms with Gasteiger partial charge >= 0.3 is 0 Å². The summed E-state index contributed by atoms with van der Waals surface area (Å²) in [7, 11) is 3.18. The molecule has 1 aromatic heterocycles. The Kier molecular flexibility index (Phi) is 5.31. The molecule has 2 aromatic rings. The second-order valence-corrected chi connectivity index (χ2v) is 5.81. The molecular formula is C18H20N4O4. The molecule has 0 atom stereocenters. The monoisotopic (exact) mass is 356 g/mol. The van der Waals surface area contributed by atoms with Gasteiger partial charge in [0.05, 0.1) is 27.0 Å². The quantitative estimate of drug-likeness (QED) is 0.852. The van der Waals surface area contributed by atoms with Gasteiger partial charge in [0.1, 0.15) is 5.69 Å². The number of fused-ring (bicyclic) bond motifs is 1. The predicted molar refractivity (Wildman–Crippen MR) is 93.0 cm³/mol. The lowest BCUT2D eigenvalue weighted by molar-refractivity contribution is -0.131. The SMILES string of the molecule is COc1cc2c(cc1OC)CN(C(=O)CNC(=O)c1cnccn1)CC2. The van der Waals surface area contributed by atoms with E-state index in [1.807, 2.05) is 12.1 Å². The first-order chi connectivity index (χ1) is 12.6. The van der Waals surface area contributed by atoms with Crippen LogP contribution in [0.4, 0.5) is 0 Å². The first kappa shape index (κ1) is 17.7. The van der Waals surface area contributed by atoms with Crippen molar-refractivity contribution in [3.8, 4) is 11.5 Å². The number of ether oxygens (including phenoxy) is 2. The average Bonchev–Trinajstić information content (AvgIpc) is 2.70. The van der Waals surface area contributed by atoms with Crippen molar-refractivity contribution in [3.05, 3.63) is 47.5 Å². The Labute approximate surface area is 151 Å². The summed E-state index contributed by atoms with van der Waals surface area (Å²) >= 11 is 0. The molecule has 0 bridgehead atoms. The normalized spacial score (nSPS) is 12.9. The van der Waals surface area contributed by atoms with Crippen LogP contribution in [-0.4, -0.2) is 54.0 Å². The molecule has 0 saturated heterocycles. The number of amides is 2. The second kappa shape index (κ2) is 7.81. The van der Waals surface area contributed by atoms with Gasteiger partial charge in [0.15, 0.2) is 11.5 Å². The number of carbonyl (C=O) groups is 2. The van der Waals surface area contributed by atoms with E-state index in [9.17, 15) is 9.59 Å². The van der Waals surface area contributed by atoms with Gasteiger partial charge in [0.2, 0.25) is 5.91 Å². The molecule has 0 fully saturated rings. The zero-order valence-corrected chi connectivity index (χ0v) is 14.7. The third-order valence-electron chi connectivity index (χ3n) is 4.27. The minimum Gasteiger partial charge on any atom is -0.493 e. The largest absolute Gasteiger partial charge is 0.493 e. The summed E-state index contributed by atoms with van der Waals surface area (Å²) in [5.74, 6) is 0.747. The number of hydrogen-bond donors (Lipinski definition) is 1. The Morgan fingerprint density at radius 1 is 1.15 bits per heavy atom. The molecule has 0 spiro atoms. The number of benzene rings is 1. The van der Waals surface area contributed by atoms with Crippen LogP contribution < -0.4 is 14.8 Å². The molecule has 0 aliphatic carbocycles. The predicted octanol–water partition coefficient (Wildman–Crippen LogP) is 0.808. The molecule has 0 radical (unpaired) electrons. The van der Waals surface area contributed by atoms with E-state index in [0.29, 0.717) is 24.6 Å². The zero-order valence-electron chi connectivity index (χ0n) is 14.7. The lowest BCUT2D eigenvalue weighted by atomic mass is 9.98. The van der Waals surface area contributed by atoms with E-state index in [2.05, 4.69) is 15.3 Å². The van der Waals surface area contributed by atoms with Gasteiger partial charge in [-0.1, -0.05) is 0 Å². The van der Waals surface area contributed by atoms with Crippen molar-refractivity contribution in [2.24, 2.45) is 0 Å². The molecule has 8 heteroatoms. The van der Waals surface area contributed by atoms with Crippen molar-refractivity contribution in [1.82, 2.24) is 20.2 Å². The highest BCUT2D eigenvalue weighted by molar-refractivity contribution is 5.94. The minimum atomic E-state index is -0.421. The zero-order chi connectivity index (χ0) is 18.5. The Morgan fingerprint density at radius 2 is 1.88 bits per heavy atom. The fourth-order valence-electron chi connectivity index (χ4n) is 2.87. The molecule has 1 aromatic carbocycles. The highest BCUT2D eigenvalue weighted by Crippen LogP contribution is 2.33. The minimum absolute atomic E-state index is 0.0853. The van der Waals surface area contributed by atoms with Crippen molar-refractivity contribution < 1.29 is 19.1 Å². The number of rotatable bonds is 5. The lowest BCUT2D eigenvalue weighted by Crippen LogP contribution is -2.42. The Bertz CT molecular complexity index is 810. The van der Waals surface area contributed by atoms with Crippen LogP contribution in [0.2, 0.25) is 0 Å². The van der Waals surface area contributed by atoms with Gasteiger partial charge in [-0.05, 0) is 29.7 Å². The Hall–Kier alpha value is -3.16. The van der Waals surface area contributed by atoms with Crippen molar-refractivity contribution in [2.45, 2.75) is 13.0 Å². The van der Waals surface area contributed by atoms with Gasteiger partial charge in [0, 0.05) is 25.5 Å². The second-order valence-electron chi connectivity index (χ2n) is 5.81. The van der Waals surface area contributed by atoms with Crippen molar-refractivity contribution in [3.63, 3.8) is 0 Å². The van der Waals surface area contributed by atoms with Crippen molar-refractivity contribution >= 4 is 11.8 Å². The first-order valence-corrected chi connectivity index (χ1v) is 8.18. The van der Waals surface area contributed by atoms with E-state index in [1.165, 1.54) is 18.6 Å². The van der Waals surface area contributed by atoms with Gasteiger partial charge < -0.3 is 19.7 Å². The van der Waals surface area contributed by atoms with Crippen LogP contribution >= 0.6 is 0 Å². The van der Waals surface area contributed by atoms with E-state index in [0.717, 1.165) is 17.5 Å². The van der Waals surface area contributed by atoms with Gasteiger partial charge in [-0.2, -0.15) is 0 Å². The van der Waals surface area contributed by atoms with Crippen LogP contribution in [0, 0.1) is 0 Å². The number of methoxy groups -OCH3 is 2. The van der Waals surface area contributed by atoms with Crippen molar-refractivity contribution in [2.75, 3.05) is 27.3 Å². The van der Waals surface area contributed by atoms with Crippen LogP contribution in [0.5, 0.6) is 11.5 Å². The van der Waals surface area contributed by atoms with Crippen LogP contribution in [0.3, 0.4) is 0 Å². The molecule has 26 heavy (non-hydrogen) atoms. The highest BCUT2D eigenvalue weighted by Gasteiger charge is 2.23. The summed E-state index contributed by atoms with van der Waals surface area (Å²) in [6.45, 7) is 0.968. The smallest absolute Gasteiger partial charge is 0.271 e. The van der Waals surface area contributed by atoms with E-state index in [-0.39, 0.29) is 18.1 Å². The third-order valence-corrected chi connectivity index (χ3v) is 4.27. The van der Waals surface area contributed by atoms with Crippen LogP contribution in [0.1, 0.15) is 21.6 Å². The summed E-state index contributed by atoms with van der Waals surface area (Å²) in [5, 5.41) is 2.58. The van der Waals surface area contributed by atoms with E-state index in [1.54, 1.807) is 19.1 Å². The molecule has 1 N–H and O–H groups in total. The fourth-order valence-corrected chi connectivity index (χ4v) is 2.87. The molecule has 2 amide bonds. The van der Waals surface area contributed by atoms with Crippen LogP contribution in [0.15, 0.2) is 30.7 Å². The number of aromatic nitrogens is 2. The van der Waals surface area contributed by atoms with Gasteiger partial charge in [-0.25, -0.2) is 4.98 Å². The lowest BCUT2D eigenvalue weighted by Gasteiger charge is -2.29. The first-order valence-electron chi connectivity index (χ1n) is 8.18. The molecule has 2 heterocycles. The molecular weight excluding hydrogens is 336 g/mol. The Morgan fingerprint density at radius 3 is 2.54 bits per heavy atom.